The Bertz CT molecular complexity index is 1470. The molecule has 3 N–H and O–H groups in total. The summed E-state index contributed by atoms with van der Waals surface area (Å²) in [4.78, 5) is 14.7. The number of aliphatic hydroxyl groups is 1. The van der Waals surface area contributed by atoms with Gasteiger partial charge in [-0.2, -0.15) is 8.42 Å². The molecule has 0 spiro atoms. The molecule has 2 aliphatic heterocycles. The number of aliphatic hydroxyl groups excluding tert-OH is 1. The third-order valence-corrected chi connectivity index (χ3v) is 7.56. The van der Waals surface area contributed by atoms with Crippen LogP contribution < -0.4 is 10.0 Å². The number of benzene rings is 2. The molecule has 10 nitrogen and oxygen atoms in total. The standard InChI is InChI=1S/C22H23FN4O6S2/c1-3-16-11-18(28)20(22(29)27(16)12-13-4-6-14(23)7-5-13)21-24-17-9-8-15(25-34(2,30)31)10-19(17)35(32,33)26-21/h4-10,16,25,28H,3,11-12H2,1-2H3,(H,24,26). The van der Waals surface area contributed by atoms with E-state index in [1.54, 1.807) is 12.1 Å². The zero-order valence-electron chi connectivity index (χ0n) is 18.8. The van der Waals surface area contributed by atoms with Gasteiger partial charge in [0.2, 0.25) is 10.0 Å². The Morgan fingerprint density at radius 3 is 2.54 bits per heavy atom. The van der Waals surface area contributed by atoms with Crippen LogP contribution in [0.25, 0.3) is 0 Å². The van der Waals surface area contributed by atoms with Crippen LogP contribution in [0, 0.1) is 5.82 Å². The largest absolute Gasteiger partial charge is 0.511 e. The van der Waals surface area contributed by atoms with Gasteiger partial charge in [0, 0.05) is 24.7 Å². The van der Waals surface area contributed by atoms with E-state index in [-0.39, 0.29) is 52.4 Å². The molecule has 35 heavy (non-hydrogen) atoms. The Hall–Kier alpha value is -3.45. The molecule has 0 saturated carbocycles. The van der Waals surface area contributed by atoms with Crippen molar-refractivity contribution in [1.82, 2.24) is 4.90 Å². The summed E-state index contributed by atoms with van der Waals surface area (Å²) in [6, 6.07) is 9.11. The van der Waals surface area contributed by atoms with Gasteiger partial charge >= 0.3 is 0 Å². The molecule has 4 rings (SSSR count). The molecule has 1 atom stereocenters. The first kappa shape index (κ1) is 24.7. The summed E-state index contributed by atoms with van der Waals surface area (Å²) < 4.78 is 68.0. The first-order chi connectivity index (χ1) is 16.4. The minimum absolute atomic E-state index is 0.0299. The zero-order valence-corrected chi connectivity index (χ0v) is 20.5. The van der Waals surface area contributed by atoms with E-state index in [0.717, 1.165) is 12.3 Å². The quantitative estimate of drug-likeness (QED) is 0.529. The second-order valence-electron chi connectivity index (χ2n) is 8.27. The summed E-state index contributed by atoms with van der Waals surface area (Å²) in [6.45, 7) is 1.98. The van der Waals surface area contributed by atoms with Crippen molar-refractivity contribution >= 4 is 43.2 Å². The maximum absolute atomic E-state index is 13.5. The van der Waals surface area contributed by atoms with Crippen molar-refractivity contribution in [1.29, 1.82) is 0 Å². The van der Waals surface area contributed by atoms with Crippen LogP contribution >= 0.6 is 0 Å². The van der Waals surface area contributed by atoms with Crippen LogP contribution in [-0.4, -0.2) is 50.9 Å². The van der Waals surface area contributed by atoms with Crippen molar-refractivity contribution in [3.8, 4) is 0 Å². The highest BCUT2D eigenvalue weighted by Gasteiger charge is 2.39. The molecular formula is C22H23FN4O6S2. The summed E-state index contributed by atoms with van der Waals surface area (Å²) in [5.74, 6) is -1.66. The highest BCUT2D eigenvalue weighted by Crippen LogP contribution is 2.34. The molecule has 0 bridgehead atoms. The minimum Gasteiger partial charge on any atom is -0.511 e. The Kier molecular flexibility index (Phi) is 6.32. The van der Waals surface area contributed by atoms with Gasteiger partial charge in [0.1, 0.15) is 22.0 Å². The number of rotatable bonds is 6. The van der Waals surface area contributed by atoms with Crippen molar-refractivity contribution in [3.63, 3.8) is 0 Å². The highest BCUT2D eigenvalue weighted by atomic mass is 32.2. The van der Waals surface area contributed by atoms with Gasteiger partial charge in [0.15, 0.2) is 5.84 Å². The first-order valence-electron chi connectivity index (χ1n) is 10.6. The topological polar surface area (TPSA) is 145 Å². The number of nitrogens with zero attached hydrogens (tertiary/aromatic N) is 2. The molecule has 0 aromatic heterocycles. The fourth-order valence-corrected chi connectivity index (χ4v) is 5.71. The SMILES string of the molecule is CCC1CC(O)=C(C2=NS(=O)(=O)c3cc(NS(C)(=O)=O)ccc3N2)C(=O)N1Cc1ccc(F)cc1. The number of anilines is 2. The molecule has 0 radical (unpaired) electrons. The molecule has 186 valence electrons. The zero-order chi connectivity index (χ0) is 25.5. The maximum Gasteiger partial charge on any atom is 0.286 e. The third-order valence-electron chi connectivity index (χ3n) is 5.63. The number of fused-ring (bicyclic) bond motifs is 1. The fourth-order valence-electron chi connectivity index (χ4n) is 4.00. The predicted molar refractivity (Wildman–Crippen MR) is 128 cm³/mol. The van der Waals surface area contributed by atoms with Crippen LogP contribution in [0.5, 0.6) is 0 Å². The predicted octanol–water partition coefficient (Wildman–Crippen LogP) is 2.73. The van der Waals surface area contributed by atoms with E-state index in [9.17, 15) is 31.1 Å². The van der Waals surface area contributed by atoms with Crippen LogP contribution in [0.1, 0.15) is 25.3 Å². The Morgan fingerprint density at radius 2 is 1.91 bits per heavy atom. The van der Waals surface area contributed by atoms with Gasteiger partial charge < -0.3 is 15.3 Å². The van der Waals surface area contributed by atoms with Crippen molar-refractivity contribution in [2.45, 2.75) is 37.2 Å². The summed E-state index contributed by atoms with van der Waals surface area (Å²) in [6.07, 6.45) is 1.55. The fraction of sp³-hybridized carbons (Fsp3) is 0.273. The summed E-state index contributed by atoms with van der Waals surface area (Å²) in [5, 5.41) is 13.5. The van der Waals surface area contributed by atoms with Crippen LogP contribution in [0.4, 0.5) is 15.8 Å². The summed E-state index contributed by atoms with van der Waals surface area (Å²) in [7, 11) is -7.97. The third kappa shape index (κ3) is 5.15. The summed E-state index contributed by atoms with van der Waals surface area (Å²) in [5.41, 5.74) is 0.498. The number of nitrogens with one attached hydrogen (secondary N) is 2. The summed E-state index contributed by atoms with van der Waals surface area (Å²) >= 11 is 0. The molecular weight excluding hydrogens is 499 g/mol. The van der Waals surface area contributed by atoms with Gasteiger partial charge in [0.05, 0.1) is 11.9 Å². The Balaban J connectivity index is 1.70. The lowest BCUT2D eigenvalue weighted by Crippen LogP contribution is -2.47. The molecule has 1 amide bonds. The monoisotopic (exact) mass is 522 g/mol. The normalized spacial score (nSPS) is 19.6. The number of amides is 1. The molecule has 0 fully saturated rings. The van der Waals surface area contributed by atoms with Gasteiger partial charge in [-0.15, -0.1) is 4.40 Å². The lowest BCUT2D eigenvalue weighted by Gasteiger charge is -2.36. The number of carbonyl (C=O) groups is 1. The number of hydrogen-bond donors (Lipinski definition) is 3. The van der Waals surface area contributed by atoms with E-state index >= 15 is 0 Å². The van der Waals surface area contributed by atoms with E-state index in [2.05, 4.69) is 14.4 Å². The lowest BCUT2D eigenvalue weighted by molar-refractivity contribution is -0.131. The van der Waals surface area contributed by atoms with Crippen molar-refractivity contribution in [3.05, 3.63) is 65.2 Å². The van der Waals surface area contributed by atoms with Gasteiger partial charge in [-0.3, -0.25) is 9.52 Å². The molecule has 0 aliphatic carbocycles. The van der Waals surface area contributed by atoms with Crippen LogP contribution in [0.15, 0.2) is 63.1 Å². The van der Waals surface area contributed by atoms with E-state index < -0.39 is 31.8 Å². The second kappa shape index (κ2) is 8.96. The Labute approximate surface area is 202 Å². The average Bonchev–Trinajstić information content (AvgIpc) is 2.76. The highest BCUT2D eigenvalue weighted by molar-refractivity contribution is 7.92. The van der Waals surface area contributed by atoms with E-state index in [1.807, 2.05) is 6.92 Å². The van der Waals surface area contributed by atoms with Gasteiger partial charge in [0.25, 0.3) is 15.9 Å². The lowest BCUT2D eigenvalue weighted by atomic mass is 9.96. The van der Waals surface area contributed by atoms with Gasteiger partial charge in [-0.25, -0.2) is 12.8 Å². The average molecular weight is 523 g/mol. The molecule has 2 aromatic carbocycles. The van der Waals surface area contributed by atoms with E-state index in [0.29, 0.717) is 12.0 Å². The molecule has 13 heteroatoms. The Morgan fingerprint density at radius 1 is 1.23 bits per heavy atom. The van der Waals surface area contributed by atoms with Crippen LogP contribution in [0.3, 0.4) is 0 Å². The number of amidine groups is 1. The number of hydrogen-bond acceptors (Lipinski definition) is 7. The second-order valence-corrected chi connectivity index (χ2v) is 11.6. The number of carbonyl (C=O) groups excluding carboxylic acids is 1. The molecule has 1 unspecified atom stereocenters. The van der Waals surface area contributed by atoms with Crippen molar-refractivity contribution in [2.24, 2.45) is 4.40 Å². The van der Waals surface area contributed by atoms with Crippen LogP contribution in [0.2, 0.25) is 0 Å². The maximum atomic E-state index is 13.5. The van der Waals surface area contributed by atoms with E-state index in [4.69, 9.17) is 0 Å². The first-order valence-corrected chi connectivity index (χ1v) is 13.9. The molecule has 0 saturated heterocycles. The van der Waals surface area contributed by atoms with Crippen molar-refractivity contribution < 1.29 is 31.1 Å². The smallest absolute Gasteiger partial charge is 0.286 e. The molecule has 2 heterocycles. The van der Waals surface area contributed by atoms with Gasteiger partial charge in [-0.05, 0) is 42.3 Å². The minimum atomic E-state index is -4.33. The van der Waals surface area contributed by atoms with E-state index in [1.165, 1.54) is 29.2 Å². The number of halogens is 1. The van der Waals surface area contributed by atoms with Crippen LogP contribution in [-0.2, 0) is 31.4 Å². The van der Waals surface area contributed by atoms with Gasteiger partial charge in [-0.1, -0.05) is 19.1 Å². The number of sulfonamides is 2. The van der Waals surface area contributed by atoms with Crippen molar-refractivity contribution in [2.75, 3.05) is 16.3 Å². The molecule has 2 aliphatic rings. The molecule has 2 aromatic rings.